The standard InChI is InChI=1S/C21H25NO3/c1-5-14(13-23)15-10-11-17-16-8-6-7-9-18(16)22(19(17)12-15)20(24)25-21(2,3)4/h5-9,13,15H,10-12H2,1-4H3/b14-5-/t15-/m1/s1. The molecule has 0 saturated heterocycles. The average Bonchev–Trinajstić information content (AvgIpc) is 2.88. The number of nitrogens with zero attached hydrogens (tertiary/aromatic N) is 1. The molecule has 3 rings (SSSR count). The van der Waals surface area contributed by atoms with Crippen LogP contribution in [0.2, 0.25) is 0 Å². The van der Waals surface area contributed by atoms with E-state index in [1.807, 2.05) is 52.0 Å². The lowest BCUT2D eigenvalue weighted by Crippen LogP contribution is -2.29. The van der Waals surface area contributed by atoms with E-state index in [9.17, 15) is 9.59 Å². The number of fused-ring (bicyclic) bond motifs is 3. The number of carbonyl (C=O) groups excluding carboxylic acids is 2. The lowest BCUT2D eigenvalue weighted by molar-refractivity contribution is -0.105. The van der Waals surface area contributed by atoms with Crippen LogP contribution in [0.3, 0.4) is 0 Å². The Bertz CT molecular complexity index is 852. The van der Waals surface area contributed by atoms with Gasteiger partial charge in [0.05, 0.1) is 5.52 Å². The molecule has 1 aromatic carbocycles. The molecule has 0 spiro atoms. The van der Waals surface area contributed by atoms with Crippen molar-refractivity contribution in [3.63, 3.8) is 0 Å². The van der Waals surface area contributed by atoms with Gasteiger partial charge in [-0.1, -0.05) is 24.3 Å². The molecule has 1 heterocycles. The van der Waals surface area contributed by atoms with E-state index in [1.54, 1.807) is 4.57 Å². The molecule has 1 atom stereocenters. The minimum absolute atomic E-state index is 0.153. The largest absolute Gasteiger partial charge is 0.443 e. The molecular formula is C21H25NO3. The molecule has 0 aliphatic heterocycles. The summed E-state index contributed by atoms with van der Waals surface area (Å²) in [5, 5.41) is 1.11. The average molecular weight is 339 g/mol. The minimum atomic E-state index is -0.555. The first-order valence-corrected chi connectivity index (χ1v) is 8.81. The van der Waals surface area contributed by atoms with Gasteiger partial charge in [0, 0.05) is 11.1 Å². The van der Waals surface area contributed by atoms with Gasteiger partial charge < -0.3 is 4.74 Å². The molecule has 0 N–H and O–H groups in total. The van der Waals surface area contributed by atoms with Gasteiger partial charge in [-0.05, 0) is 70.1 Å². The molecule has 25 heavy (non-hydrogen) atoms. The molecule has 1 aliphatic carbocycles. The number of para-hydroxylation sites is 1. The Balaban J connectivity index is 2.12. The predicted molar refractivity (Wildman–Crippen MR) is 98.9 cm³/mol. The molecule has 0 saturated carbocycles. The van der Waals surface area contributed by atoms with Crippen molar-refractivity contribution in [2.24, 2.45) is 5.92 Å². The zero-order valence-corrected chi connectivity index (χ0v) is 15.3. The Labute approximate surface area is 148 Å². The number of rotatable bonds is 2. The maximum atomic E-state index is 12.9. The van der Waals surface area contributed by atoms with Crippen LogP contribution >= 0.6 is 0 Å². The Morgan fingerprint density at radius 3 is 2.64 bits per heavy atom. The van der Waals surface area contributed by atoms with Crippen molar-refractivity contribution >= 4 is 23.3 Å². The molecule has 1 aliphatic rings. The third-order valence-electron chi connectivity index (χ3n) is 4.79. The van der Waals surface area contributed by atoms with Gasteiger partial charge in [-0.2, -0.15) is 0 Å². The quantitative estimate of drug-likeness (QED) is 0.590. The van der Waals surface area contributed by atoms with Crippen molar-refractivity contribution in [2.45, 2.75) is 52.6 Å². The van der Waals surface area contributed by atoms with Crippen LogP contribution in [-0.4, -0.2) is 22.5 Å². The minimum Gasteiger partial charge on any atom is -0.443 e. The van der Waals surface area contributed by atoms with Crippen LogP contribution in [0.25, 0.3) is 10.9 Å². The van der Waals surface area contributed by atoms with Crippen molar-refractivity contribution in [3.05, 3.63) is 47.2 Å². The number of aryl methyl sites for hydroxylation is 1. The zero-order valence-electron chi connectivity index (χ0n) is 15.3. The second-order valence-corrected chi connectivity index (χ2v) is 7.60. The van der Waals surface area contributed by atoms with E-state index in [4.69, 9.17) is 4.74 Å². The SMILES string of the molecule is C/C=C(/C=O)[C@@H]1CCc2c(n(C(=O)OC(C)(C)C)c3ccccc23)C1. The number of hydrogen-bond acceptors (Lipinski definition) is 3. The number of allylic oxidation sites excluding steroid dienone is 2. The van der Waals surface area contributed by atoms with Crippen LogP contribution in [0.1, 0.15) is 45.4 Å². The summed E-state index contributed by atoms with van der Waals surface area (Å²) in [6, 6.07) is 7.96. The second-order valence-electron chi connectivity index (χ2n) is 7.60. The molecule has 0 amide bonds. The number of aromatic nitrogens is 1. The first kappa shape index (κ1) is 17.5. The van der Waals surface area contributed by atoms with Crippen molar-refractivity contribution in [1.29, 1.82) is 0 Å². The van der Waals surface area contributed by atoms with Gasteiger partial charge >= 0.3 is 6.09 Å². The number of hydrogen-bond donors (Lipinski definition) is 0. The molecule has 132 valence electrons. The van der Waals surface area contributed by atoms with Crippen LogP contribution in [-0.2, 0) is 22.4 Å². The fourth-order valence-electron chi connectivity index (χ4n) is 3.71. The summed E-state index contributed by atoms with van der Waals surface area (Å²) in [5.41, 5.74) is 3.33. The number of aldehydes is 1. The lowest BCUT2D eigenvalue weighted by Gasteiger charge is -2.25. The predicted octanol–water partition coefficient (Wildman–Crippen LogP) is 4.67. The summed E-state index contributed by atoms with van der Waals surface area (Å²) in [4.78, 5) is 24.2. The fourth-order valence-corrected chi connectivity index (χ4v) is 3.71. The normalized spacial score (nSPS) is 18.1. The lowest BCUT2D eigenvalue weighted by atomic mass is 9.82. The Kier molecular flexibility index (Phi) is 4.55. The van der Waals surface area contributed by atoms with Gasteiger partial charge in [0.25, 0.3) is 0 Å². The van der Waals surface area contributed by atoms with Crippen LogP contribution in [0.4, 0.5) is 4.79 Å². The first-order chi connectivity index (χ1) is 11.9. The van der Waals surface area contributed by atoms with Crippen LogP contribution in [0, 0.1) is 5.92 Å². The summed E-state index contributed by atoms with van der Waals surface area (Å²) in [5.74, 6) is 0.153. The van der Waals surface area contributed by atoms with Crippen molar-refractivity contribution < 1.29 is 14.3 Å². The van der Waals surface area contributed by atoms with E-state index in [1.165, 1.54) is 5.56 Å². The molecule has 0 bridgehead atoms. The van der Waals surface area contributed by atoms with Gasteiger partial charge in [0.2, 0.25) is 0 Å². The van der Waals surface area contributed by atoms with Gasteiger partial charge in [-0.15, -0.1) is 0 Å². The zero-order chi connectivity index (χ0) is 18.2. The molecule has 4 nitrogen and oxygen atoms in total. The summed E-state index contributed by atoms with van der Waals surface area (Å²) >= 11 is 0. The summed E-state index contributed by atoms with van der Waals surface area (Å²) in [6.45, 7) is 7.51. The van der Waals surface area contributed by atoms with Gasteiger partial charge in [0.15, 0.2) is 0 Å². The summed E-state index contributed by atoms with van der Waals surface area (Å²) in [6.07, 6.45) is 4.94. The van der Waals surface area contributed by atoms with E-state index in [0.717, 1.165) is 41.3 Å². The molecule has 2 aromatic rings. The van der Waals surface area contributed by atoms with Gasteiger partial charge in [-0.3, -0.25) is 4.79 Å². The Hall–Kier alpha value is -2.36. The van der Waals surface area contributed by atoms with E-state index in [2.05, 4.69) is 6.07 Å². The smallest absolute Gasteiger partial charge is 0.419 e. The van der Waals surface area contributed by atoms with Crippen LogP contribution < -0.4 is 0 Å². The highest BCUT2D eigenvalue weighted by Crippen LogP contribution is 2.36. The third-order valence-corrected chi connectivity index (χ3v) is 4.79. The third kappa shape index (κ3) is 3.26. The van der Waals surface area contributed by atoms with Crippen molar-refractivity contribution in [3.8, 4) is 0 Å². The summed E-state index contributed by atoms with van der Waals surface area (Å²) < 4.78 is 7.35. The number of benzene rings is 1. The van der Waals surface area contributed by atoms with E-state index >= 15 is 0 Å². The highest BCUT2D eigenvalue weighted by atomic mass is 16.6. The maximum absolute atomic E-state index is 12.9. The first-order valence-electron chi connectivity index (χ1n) is 8.81. The van der Waals surface area contributed by atoms with Gasteiger partial charge in [-0.25, -0.2) is 9.36 Å². The monoisotopic (exact) mass is 339 g/mol. The topological polar surface area (TPSA) is 48.3 Å². The molecule has 0 radical (unpaired) electrons. The fraction of sp³-hybridized carbons (Fsp3) is 0.429. The van der Waals surface area contributed by atoms with E-state index in [0.29, 0.717) is 6.42 Å². The molecule has 0 unspecified atom stereocenters. The number of ether oxygens (including phenoxy) is 1. The second kappa shape index (κ2) is 6.51. The molecule has 1 aromatic heterocycles. The Morgan fingerprint density at radius 1 is 1.28 bits per heavy atom. The molecule has 4 heteroatoms. The van der Waals surface area contributed by atoms with E-state index in [-0.39, 0.29) is 12.0 Å². The summed E-state index contributed by atoms with van der Waals surface area (Å²) in [7, 11) is 0. The van der Waals surface area contributed by atoms with Crippen LogP contribution in [0.15, 0.2) is 35.9 Å². The van der Waals surface area contributed by atoms with Crippen LogP contribution in [0.5, 0.6) is 0 Å². The molecular weight excluding hydrogens is 314 g/mol. The molecule has 0 fully saturated rings. The van der Waals surface area contributed by atoms with E-state index < -0.39 is 5.60 Å². The van der Waals surface area contributed by atoms with Crippen molar-refractivity contribution in [1.82, 2.24) is 4.57 Å². The highest BCUT2D eigenvalue weighted by molar-refractivity contribution is 5.94. The Morgan fingerprint density at radius 2 is 2.00 bits per heavy atom. The number of carbonyl (C=O) groups is 2. The van der Waals surface area contributed by atoms with Crippen molar-refractivity contribution in [2.75, 3.05) is 0 Å². The maximum Gasteiger partial charge on any atom is 0.419 e. The van der Waals surface area contributed by atoms with Gasteiger partial charge in [0.1, 0.15) is 11.9 Å². The highest BCUT2D eigenvalue weighted by Gasteiger charge is 2.30.